The van der Waals surface area contributed by atoms with Gasteiger partial charge in [-0.2, -0.15) is 9.61 Å². The molecule has 4 aromatic rings. The number of nitrogens with zero attached hydrogens (tertiary/aromatic N) is 3. The van der Waals surface area contributed by atoms with Crippen LogP contribution >= 0.6 is 11.3 Å². The Hall–Kier alpha value is -3.52. The fourth-order valence-corrected chi connectivity index (χ4v) is 3.95. The van der Waals surface area contributed by atoms with E-state index in [1.165, 1.54) is 21.9 Å². The van der Waals surface area contributed by atoms with Crippen molar-refractivity contribution in [1.82, 2.24) is 19.9 Å². The minimum absolute atomic E-state index is 0.107. The standard InChI is InChI=1S/C23H22N4O3S/c1-14-7-9-17(10-8-14)22-26-27-21(29)11-18(25-23(27)31-22)12-24-20(28)13-30-19-6-4-5-15(2)16(19)3/h4-11H,12-13H2,1-3H3,(H,24,28). The van der Waals surface area contributed by atoms with E-state index in [0.717, 1.165) is 22.3 Å². The Morgan fingerprint density at radius 2 is 1.90 bits per heavy atom. The average Bonchev–Trinajstić information content (AvgIpc) is 3.18. The van der Waals surface area contributed by atoms with Crippen LogP contribution in [0.15, 0.2) is 53.3 Å². The fourth-order valence-electron chi connectivity index (χ4n) is 3.02. The Labute approximate surface area is 183 Å². The second-order valence-electron chi connectivity index (χ2n) is 7.32. The maximum atomic E-state index is 12.5. The lowest BCUT2D eigenvalue weighted by Crippen LogP contribution is -2.29. The molecule has 0 bridgehead atoms. The molecule has 2 aromatic carbocycles. The summed E-state index contributed by atoms with van der Waals surface area (Å²) in [5, 5.41) is 7.84. The summed E-state index contributed by atoms with van der Waals surface area (Å²) in [4.78, 5) is 29.6. The number of aryl methyl sites for hydroxylation is 2. The number of hydrogen-bond acceptors (Lipinski definition) is 6. The Balaban J connectivity index is 1.43. The van der Waals surface area contributed by atoms with Crippen LogP contribution in [-0.2, 0) is 11.3 Å². The van der Waals surface area contributed by atoms with Crippen LogP contribution in [0.3, 0.4) is 0 Å². The van der Waals surface area contributed by atoms with E-state index in [1.807, 2.05) is 63.2 Å². The Morgan fingerprint density at radius 1 is 1.13 bits per heavy atom. The average molecular weight is 435 g/mol. The lowest BCUT2D eigenvalue weighted by molar-refractivity contribution is -0.123. The van der Waals surface area contributed by atoms with Crippen molar-refractivity contribution in [2.24, 2.45) is 0 Å². The number of aromatic nitrogens is 3. The lowest BCUT2D eigenvalue weighted by atomic mass is 10.1. The van der Waals surface area contributed by atoms with Crippen molar-refractivity contribution in [3.8, 4) is 16.3 Å². The van der Waals surface area contributed by atoms with Gasteiger partial charge in [-0.1, -0.05) is 53.3 Å². The molecule has 2 aromatic heterocycles. The summed E-state index contributed by atoms with van der Waals surface area (Å²) in [5.74, 6) is 0.397. The molecule has 0 radical (unpaired) electrons. The Morgan fingerprint density at radius 3 is 2.68 bits per heavy atom. The van der Waals surface area contributed by atoms with Crippen LogP contribution in [0.25, 0.3) is 15.5 Å². The van der Waals surface area contributed by atoms with E-state index in [4.69, 9.17) is 4.74 Å². The van der Waals surface area contributed by atoms with Gasteiger partial charge in [-0.15, -0.1) is 0 Å². The van der Waals surface area contributed by atoms with Crippen LogP contribution < -0.4 is 15.6 Å². The molecule has 0 saturated carbocycles. The minimum atomic E-state index is -0.285. The molecule has 0 fully saturated rings. The van der Waals surface area contributed by atoms with Crippen LogP contribution in [0.5, 0.6) is 5.75 Å². The first-order valence-electron chi connectivity index (χ1n) is 9.83. The van der Waals surface area contributed by atoms with Gasteiger partial charge >= 0.3 is 0 Å². The van der Waals surface area contributed by atoms with E-state index < -0.39 is 0 Å². The molecule has 0 unspecified atom stereocenters. The highest BCUT2D eigenvalue weighted by Gasteiger charge is 2.12. The number of amides is 1. The van der Waals surface area contributed by atoms with Crippen molar-refractivity contribution in [1.29, 1.82) is 0 Å². The topological polar surface area (TPSA) is 85.6 Å². The molecule has 1 N–H and O–H groups in total. The molecule has 0 spiro atoms. The zero-order valence-electron chi connectivity index (χ0n) is 17.5. The zero-order chi connectivity index (χ0) is 22.0. The van der Waals surface area contributed by atoms with E-state index in [1.54, 1.807) is 0 Å². The molecule has 0 aliphatic heterocycles. The van der Waals surface area contributed by atoms with Crippen LogP contribution in [0.4, 0.5) is 0 Å². The Bertz CT molecular complexity index is 1310. The molecule has 158 valence electrons. The number of ether oxygens (including phenoxy) is 1. The highest BCUT2D eigenvalue weighted by molar-refractivity contribution is 7.19. The molecule has 2 heterocycles. The maximum absolute atomic E-state index is 12.5. The number of rotatable bonds is 6. The molecule has 0 saturated heterocycles. The van der Waals surface area contributed by atoms with Crippen LogP contribution in [0, 0.1) is 20.8 Å². The summed E-state index contributed by atoms with van der Waals surface area (Å²) < 4.78 is 6.90. The van der Waals surface area contributed by atoms with Crippen LogP contribution in [0.1, 0.15) is 22.4 Å². The predicted octanol–water partition coefficient (Wildman–Crippen LogP) is 3.44. The molecule has 0 aliphatic rings. The third-order valence-electron chi connectivity index (χ3n) is 4.98. The summed E-state index contributed by atoms with van der Waals surface area (Å²) in [6.45, 7) is 5.99. The molecule has 31 heavy (non-hydrogen) atoms. The fraction of sp³-hybridized carbons (Fsp3) is 0.217. The minimum Gasteiger partial charge on any atom is -0.483 e. The van der Waals surface area contributed by atoms with Gasteiger partial charge in [0.05, 0.1) is 12.2 Å². The number of benzene rings is 2. The highest BCUT2D eigenvalue weighted by Crippen LogP contribution is 2.24. The molecule has 0 aliphatic carbocycles. The third-order valence-corrected chi connectivity index (χ3v) is 5.93. The number of hydrogen-bond donors (Lipinski definition) is 1. The van der Waals surface area contributed by atoms with Gasteiger partial charge in [-0.25, -0.2) is 4.98 Å². The van der Waals surface area contributed by atoms with Gasteiger partial charge in [0.1, 0.15) is 10.8 Å². The summed E-state index contributed by atoms with van der Waals surface area (Å²) in [6, 6.07) is 15.0. The smallest absolute Gasteiger partial charge is 0.275 e. The third kappa shape index (κ3) is 4.64. The van der Waals surface area contributed by atoms with Gasteiger partial charge in [0, 0.05) is 11.6 Å². The molecule has 0 atom stereocenters. The van der Waals surface area contributed by atoms with Crippen molar-refractivity contribution in [2.45, 2.75) is 27.3 Å². The van der Waals surface area contributed by atoms with Gasteiger partial charge < -0.3 is 10.1 Å². The van der Waals surface area contributed by atoms with E-state index in [-0.39, 0.29) is 24.6 Å². The van der Waals surface area contributed by atoms with Crippen molar-refractivity contribution in [3.05, 3.63) is 81.3 Å². The van der Waals surface area contributed by atoms with Crippen molar-refractivity contribution in [2.75, 3.05) is 6.61 Å². The highest BCUT2D eigenvalue weighted by atomic mass is 32.1. The van der Waals surface area contributed by atoms with Crippen LogP contribution in [0.2, 0.25) is 0 Å². The van der Waals surface area contributed by atoms with E-state index in [2.05, 4.69) is 15.4 Å². The van der Waals surface area contributed by atoms with Crippen molar-refractivity contribution < 1.29 is 9.53 Å². The largest absolute Gasteiger partial charge is 0.483 e. The summed E-state index contributed by atoms with van der Waals surface area (Å²) >= 11 is 1.33. The van der Waals surface area contributed by atoms with E-state index in [0.29, 0.717) is 21.4 Å². The number of carbonyl (C=O) groups is 1. The second-order valence-corrected chi connectivity index (χ2v) is 8.27. The first-order chi connectivity index (χ1) is 14.9. The lowest BCUT2D eigenvalue weighted by Gasteiger charge is -2.10. The van der Waals surface area contributed by atoms with Crippen molar-refractivity contribution >= 4 is 22.2 Å². The Kier molecular flexibility index (Phi) is 5.81. The van der Waals surface area contributed by atoms with Crippen LogP contribution in [-0.4, -0.2) is 27.1 Å². The van der Waals surface area contributed by atoms with Gasteiger partial charge in [-0.3, -0.25) is 9.59 Å². The molecule has 8 heteroatoms. The molecular formula is C23H22N4O3S. The normalized spacial score (nSPS) is 10.9. The first kappa shape index (κ1) is 20.7. The number of carbonyl (C=O) groups excluding carboxylic acids is 1. The maximum Gasteiger partial charge on any atom is 0.275 e. The van der Waals surface area contributed by atoms with E-state index in [9.17, 15) is 9.59 Å². The second kappa shape index (κ2) is 8.69. The van der Waals surface area contributed by atoms with E-state index >= 15 is 0 Å². The van der Waals surface area contributed by atoms with Gasteiger partial charge in [-0.05, 0) is 38.0 Å². The SMILES string of the molecule is Cc1ccc(-c2nn3c(=O)cc(CNC(=O)COc4cccc(C)c4C)nc3s2)cc1. The van der Waals surface area contributed by atoms with Gasteiger partial charge in [0.2, 0.25) is 4.96 Å². The summed E-state index contributed by atoms with van der Waals surface area (Å²) in [5.41, 5.74) is 4.38. The zero-order valence-corrected chi connectivity index (χ0v) is 18.3. The molecular weight excluding hydrogens is 412 g/mol. The molecule has 7 nitrogen and oxygen atoms in total. The predicted molar refractivity (Wildman–Crippen MR) is 121 cm³/mol. The number of nitrogens with one attached hydrogen (secondary N) is 1. The quantitative estimate of drug-likeness (QED) is 0.502. The molecule has 4 rings (SSSR count). The number of fused-ring (bicyclic) bond motifs is 1. The molecule has 1 amide bonds. The summed E-state index contributed by atoms with van der Waals surface area (Å²) in [7, 11) is 0. The van der Waals surface area contributed by atoms with Gasteiger partial charge in [0.25, 0.3) is 11.5 Å². The van der Waals surface area contributed by atoms with Crippen molar-refractivity contribution in [3.63, 3.8) is 0 Å². The van der Waals surface area contributed by atoms with Gasteiger partial charge in [0.15, 0.2) is 6.61 Å². The first-order valence-corrected chi connectivity index (χ1v) is 10.6. The summed E-state index contributed by atoms with van der Waals surface area (Å²) in [6.07, 6.45) is 0. The monoisotopic (exact) mass is 434 g/mol.